The van der Waals surface area contributed by atoms with E-state index in [9.17, 15) is 14.9 Å². The molecule has 1 N–H and O–H groups in total. The quantitative estimate of drug-likeness (QED) is 0.243. The summed E-state index contributed by atoms with van der Waals surface area (Å²) in [5.41, 5.74) is 1.13. The van der Waals surface area contributed by atoms with Gasteiger partial charge in [-0.15, -0.1) is 10.2 Å². The third-order valence-electron chi connectivity index (χ3n) is 4.97. The molecule has 34 heavy (non-hydrogen) atoms. The Morgan fingerprint density at radius 3 is 2.41 bits per heavy atom. The first-order valence-electron chi connectivity index (χ1n) is 10.6. The SMILES string of the molecule is COc1ccc(OC(C)c2nnc(SCC(=O)Nc3ccc([N+](=O)[O-])cc3C)n2C(C)C)cc1. The van der Waals surface area contributed by atoms with Crippen LogP contribution in [0.5, 0.6) is 11.5 Å². The molecule has 0 fully saturated rings. The largest absolute Gasteiger partial charge is 0.497 e. The lowest BCUT2D eigenvalue weighted by atomic mass is 10.2. The topological polar surface area (TPSA) is 121 Å². The number of benzene rings is 2. The highest BCUT2D eigenvalue weighted by molar-refractivity contribution is 7.99. The molecule has 1 aromatic heterocycles. The summed E-state index contributed by atoms with van der Waals surface area (Å²) in [4.78, 5) is 22.9. The van der Waals surface area contributed by atoms with Crippen molar-refractivity contribution in [2.75, 3.05) is 18.2 Å². The van der Waals surface area contributed by atoms with E-state index in [1.165, 1.54) is 30.0 Å². The molecule has 1 heterocycles. The van der Waals surface area contributed by atoms with Gasteiger partial charge < -0.3 is 19.4 Å². The molecule has 0 saturated heterocycles. The summed E-state index contributed by atoms with van der Waals surface area (Å²) in [6.07, 6.45) is -0.366. The summed E-state index contributed by atoms with van der Waals surface area (Å²) in [5, 5.41) is 22.9. The molecule has 3 rings (SSSR count). The van der Waals surface area contributed by atoms with Crippen molar-refractivity contribution in [1.82, 2.24) is 14.8 Å². The molecule has 0 aliphatic carbocycles. The molecular weight excluding hydrogens is 458 g/mol. The number of hydrogen-bond acceptors (Lipinski definition) is 8. The van der Waals surface area contributed by atoms with Crippen molar-refractivity contribution in [2.24, 2.45) is 0 Å². The number of hydrogen-bond donors (Lipinski definition) is 1. The Morgan fingerprint density at radius 2 is 1.82 bits per heavy atom. The molecule has 2 aromatic carbocycles. The lowest BCUT2D eigenvalue weighted by Crippen LogP contribution is -2.17. The maximum atomic E-state index is 12.5. The lowest BCUT2D eigenvalue weighted by Gasteiger charge is -2.19. The van der Waals surface area contributed by atoms with E-state index in [4.69, 9.17) is 9.47 Å². The molecule has 1 amide bonds. The first-order chi connectivity index (χ1) is 16.2. The monoisotopic (exact) mass is 485 g/mol. The molecule has 11 heteroatoms. The van der Waals surface area contributed by atoms with Gasteiger partial charge in [-0.3, -0.25) is 14.9 Å². The average Bonchev–Trinajstić information content (AvgIpc) is 3.24. The standard InChI is InChI=1S/C23H27N5O5S/c1-14(2)27-22(16(4)33-19-9-7-18(32-5)8-10-19)25-26-23(27)34-13-21(29)24-20-11-6-17(28(30)31)12-15(20)3/h6-12,14,16H,13H2,1-5H3,(H,24,29). The summed E-state index contributed by atoms with van der Waals surface area (Å²) in [7, 11) is 1.61. The van der Waals surface area contributed by atoms with E-state index in [2.05, 4.69) is 15.5 Å². The Kier molecular flexibility index (Phi) is 8.11. The van der Waals surface area contributed by atoms with E-state index in [0.29, 0.717) is 28.0 Å². The van der Waals surface area contributed by atoms with Crippen LogP contribution in [0.25, 0.3) is 0 Å². The molecule has 0 radical (unpaired) electrons. The number of ether oxygens (including phenoxy) is 2. The Labute approximate surface area is 201 Å². The zero-order valence-electron chi connectivity index (χ0n) is 19.6. The predicted molar refractivity (Wildman–Crippen MR) is 130 cm³/mol. The highest BCUT2D eigenvalue weighted by Gasteiger charge is 2.22. The number of carbonyl (C=O) groups is 1. The van der Waals surface area contributed by atoms with Gasteiger partial charge in [-0.2, -0.15) is 0 Å². The van der Waals surface area contributed by atoms with Gasteiger partial charge >= 0.3 is 0 Å². The van der Waals surface area contributed by atoms with Crippen molar-refractivity contribution in [3.8, 4) is 11.5 Å². The fourth-order valence-corrected chi connectivity index (χ4v) is 4.15. The minimum absolute atomic E-state index is 0.0200. The number of methoxy groups -OCH3 is 1. The average molecular weight is 486 g/mol. The number of carbonyl (C=O) groups excluding carboxylic acids is 1. The fraction of sp³-hybridized carbons (Fsp3) is 0.348. The Balaban J connectivity index is 1.67. The summed E-state index contributed by atoms with van der Waals surface area (Å²) in [6, 6.07) is 11.7. The molecule has 0 spiro atoms. The molecule has 1 unspecified atom stereocenters. The van der Waals surface area contributed by atoms with Crippen molar-refractivity contribution < 1.29 is 19.2 Å². The van der Waals surface area contributed by atoms with E-state index in [1.807, 2.05) is 49.6 Å². The van der Waals surface area contributed by atoms with Gasteiger partial charge in [-0.1, -0.05) is 11.8 Å². The van der Waals surface area contributed by atoms with Gasteiger partial charge in [0.2, 0.25) is 5.91 Å². The van der Waals surface area contributed by atoms with Crippen molar-refractivity contribution >= 4 is 29.0 Å². The molecule has 10 nitrogen and oxygen atoms in total. The lowest BCUT2D eigenvalue weighted by molar-refractivity contribution is -0.384. The third-order valence-corrected chi connectivity index (χ3v) is 5.91. The smallest absolute Gasteiger partial charge is 0.269 e. The molecule has 1 atom stereocenters. The maximum absolute atomic E-state index is 12.5. The highest BCUT2D eigenvalue weighted by Crippen LogP contribution is 2.29. The molecule has 3 aromatic rings. The van der Waals surface area contributed by atoms with E-state index >= 15 is 0 Å². The van der Waals surface area contributed by atoms with E-state index < -0.39 is 4.92 Å². The van der Waals surface area contributed by atoms with Crippen molar-refractivity contribution in [2.45, 2.75) is 45.0 Å². The zero-order valence-corrected chi connectivity index (χ0v) is 20.5. The minimum Gasteiger partial charge on any atom is -0.497 e. The first-order valence-corrected chi connectivity index (χ1v) is 11.6. The van der Waals surface area contributed by atoms with Crippen LogP contribution in [-0.2, 0) is 4.79 Å². The minimum atomic E-state index is -0.468. The predicted octanol–water partition coefficient (Wildman–Crippen LogP) is 4.96. The number of thioether (sulfide) groups is 1. The van der Waals surface area contributed by atoms with Crippen molar-refractivity contribution in [1.29, 1.82) is 0 Å². The number of rotatable bonds is 10. The van der Waals surface area contributed by atoms with Gasteiger partial charge in [0.1, 0.15) is 11.5 Å². The molecule has 0 aliphatic rings. The summed E-state index contributed by atoms with van der Waals surface area (Å²) in [5.74, 6) is 1.93. The van der Waals surface area contributed by atoms with Gasteiger partial charge in [0, 0.05) is 23.9 Å². The second-order valence-corrected chi connectivity index (χ2v) is 8.78. The molecule has 180 valence electrons. The fourth-order valence-electron chi connectivity index (χ4n) is 3.28. The van der Waals surface area contributed by atoms with Gasteiger partial charge in [0.25, 0.3) is 5.69 Å². The van der Waals surface area contributed by atoms with Gasteiger partial charge in [-0.05, 0) is 63.6 Å². The van der Waals surface area contributed by atoms with Crippen LogP contribution in [0.1, 0.15) is 44.3 Å². The van der Waals surface area contributed by atoms with Crippen LogP contribution in [-0.4, -0.2) is 38.5 Å². The van der Waals surface area contributed by atoms with Crippen LogP contribution in [0.3, 0.4) is 0 Å². The van der Waals surface area contributed by atoms with Crippen LogP contribution < -0.4 is 14.8 Å². The zero-order chi connectivity index (χ0) is 24.8. The number of non-ortho nitro benzene ring substituents is 1. The van der Waals surface area contributed by atoms with Crippen LogP contribution >= 0.6 is 11.8 Å². The normalized spacial score (nSPS) is 11.8. The van der Waals surface area contributed by atoms with E-state index in [1.54, 1.807) is 14.0 Å². The van der Waals surface area contributed by atoms with Crippen LogP contribution in [0, 0.1) is 17.0 Å². The Hall–Kier alpha value is -3.60. The van der Waals surface area contributed by atoms with Crippen LogP contribution in [0.2, 0.25) is 0 Å². The van der Waals surface area contributed by atoms with Crippen molar-refractivity contribution in [3.63, 3.8) is 0 Å². The summed E-state index contributed by atoms with van der Waals surface area (Å²) in [6.45, 7) is 7.63. The van der Waals surface area contributed by atoms with Gasteiger partial charge in [-0.25, -0.2) is 0 Å². The van der Waals surface area contributed by atoms with Crippen LogP contribution in [0.4, 0.5) is 11.4 Å². The van der Waals surface area contributed by atoms with E-state index in [0.717, 1.165) is 5.75 Å². The molecular formula is C23H27N5O5S. The highest BCUT2D eigenvalue weighted by atomic mass is 32.2. The van der Waals surface area contributed by atoms with Gasteiger partial charge in [0.15, 0.2) is 17.1 Å². The van der Waals surface area contributed by atoms with Crippen molar-refractivity contribution in [3.05, 3.63) is 64.0 Å². The maximum Gasteiger partial charge on any atom is 0.269 e. The van der Waals surface area contributed by atoms with Gasteiger partial charge in [0.05, 0.1) is 17.8 Å². The van der Waals surface area contributed by atoms with Crippen LogP contribution in [0.15, 0.2) is 47.6 Å². The number of nitro benzene ring substituents is 1. The number of aryl methyl sites for hydroxylation is 1. The Bertz CT molecular complexity index is 1160. The second-order valence-electron chi connectivity index (χ2n) is 7.83. The number of amides is 1. The molecule has 0 saturated carbocycles. The number of nitro groups is 1. The molecule has 0 aliphatic heterocycles. The number of nitrogens with zero attached hydrogens (tertiary/aromatic N) is 4. The number of nitrogens with one attached hydrogen (secondary N) is 1. The van der Waals surface area contributed by atoms with E-state index in [-0.39, 0.29) is 29.5 Å². The second kappa shape index (κ2) is 11.0. The molecule has 0 bridgehead atoms. The summed E-state index contributed by atoms with van der Waals surface area (Å²) >= 11 is 1.26. The third kappa shape index (κ3) is 6.04. The summed E-state index contributed by atoms with van der Waals surface area (Å²) < 4.78 is 13.2. The number of aromatic nitrogens is 3. The Morgan fingerprint density at radius 1 is 1.15 bits per heavy atom. The number of anilines is 1. The first kappa shape index (κ1) is 25.0.